The third-order valence-corrected chi connectivity index (χ3v) is 7.30. The summed E-state index contributed by atoms with van der Waals surface area (Å²) in [4.78, 5) is 18.7. The first-order valence-electron chi connectivity index (χ1n) is 11.4. The molecule has 1 aliphatic rings. The van der Waals surface area contributed by atoms with Crippen LogP contribution in [0.4, 0.5) is 11.5 Å². The van der Waals surface area contributed by atoms with E-state index in [0.717, 1.165) is 19.4 Å². The zero-order valence-electron chi connectivity index (χ0n) is 18.9. The normalized spacial score (nSPS) is 14.8. The van der Waals surface area contributed by atoms with Crippen molar-refractivity contribution in [3.8, 4) is 0 Å². The summed E-state index contributed by atoms with van der Waals surface area (Å²) in [6.45, 7) is 4.74. The molecule has 3 aromatic rings. The lowest BCUT2D eigenvalue weighted by atomic mass is 9.94. The summed E-state index contributed by atoms with van der Waals surface area (Å²) in [5.41, 5.74) is 0.737. The van der Waals surface area contributed by atoms with Gasteiger partial charge in [-0.2, -0.15) is 0 Å². The van der Waals surface area contributed by atoms with Gasteiger partial charge in [0.2, 0.25) is 5.76 Å². The molecule has 2 heterocycles. The van der Waals surface area contributed by atoms with Crippen LogP contribution in [-0.4, -0.2) is 38.6 Å². The van der Waals surface area contributed by atoms with Crippen LogP contribution in [0.3, 0.4) is 0 Å². The van der Waals surface area contributed by atoms with Crippen LogP contribution in [0.1, 0.15) is 56.5 Å². The second kappa shape index (κ2) is 9.82. The lowest BCUT2D eigenvalue weighted by Gasteiger charge is -2.35. The number of hydrogen-bond donors (Lipinski definition) is 1. The molecule has 176 valence electrons. The Hall–Kier alpha value is -3.07. The van der Waals surface area contributed by atoms with Crippen LogP contribution in [-0.2, 0) is 14.8 Å². The van der Waals surface area contributed by atoms with Crippen molar-refractivity contribution in [1.82, 2.24) is 4.98 Å². The predicted octanol–water partition coefficient (Wildman–Crippen LogP) is 4.96. The van der Waals surface area contributed by atoms with E-state index in [2.05, 4.69) is 21.5 Å². The molecule has 9 heteroatoms. The average Bonchev–Trinajstić information content (AvgIpc) is 3.25. The number of rotatable bonds is 8. The second-order valence-electron chi connectivity index (χ2n) is 8.09. The summed E-state index contributed by atoms with van der Waals surface area (Å²) in [5, 5.41) is 0.619. The number of ether oxygens (including phenoxy) is 1. The summed E-state index contributed by atoms with van der Waals surface area (Å²) in [5.74, 6) is 0.0905. The minimum Gasteiger partial charge on any atom is -0.460 e. The van der Waals surface area contributed by atoms with E-state index in [1.807, 2.05) is 0 Å². The Balaban J connectivity index is 1.62. The van der Waals surface area contributed by atoms with Gasteiger partial charge in [0.15, 0.2) is 5.82 Å². The predicted molar refractivity (Wildman–Crippen MR) is 127 cm³/mol. The molecule has 0 unspecified atom stereocenters. The molecule has 1 aromatic carbocycles. The zero-order chi connectivity index (χ0) is 23.4. The Kier molecular flexibility index (Phi) is 6.88. The van der Waals surface area contributed by atoms with Gasteiger partial charge in [-0.1, -0.05) is 19.3 Å². The van der Waals surface area contributed by atoms with E-state index >= 15 is 0 Å². The Morgan fingerprint density at radius 2 is 1.97 bits per heavy atom. The van der Waals surface area contributed by atoms with E-state index in [9.17, 15) is 13.2 Å². The maximum absolute atomic E-state index is 13.2. The SMILES string of the molecule is CCOC(=O)c1cc2ccc(S(=O)(=O)Nc3cccnc3N(CC)C3CCCCC3)cc2o1. The van der Waals surface area contributed by atoms with Crippen LogP contribution in [0.15, 0.2) is 51.9 Å². The van der Waals surface area contributed by atoms with Crippen LogP contribution in [0.25, 0.3) is 11.0 Å². The molecular formula is C24H29N3O5S. The minimum atomic E-state index is -3.91. The van der Waals surface area contributed by atoms with Crippen LogP contribution in [0.2, 0.25) is 0 Å². The first kappa shape index (κ1) is 23.1. The lowest BCUT2D eigenvalue weighted by molar-refractivity contribution is 0.0492. The molecular weight excluding hydrogens is 442 g/mol. The molecule has 1 N–H and O–H groups in total. The standard InChI is InChI=1S/C24H29N3O5S/c1-3-27(18-9-6-5-7-10-18)23-20(11-8-14-25-23)26-33(29,30)19-13-12-17-15-22(24(28)31-4-2)32-21(17)16-19/h8,11-16,18,26H,3-7,9-10H2,1-2H3. The molecule has 1 aliphatic carbocycles. The van der Waals surface area contributed by atoms with Crippen molar-refractivity contribution < 1.29 is 22.4 Å². The molecule has 8 nitrogen and oxygen atoms in total. The van der Waals surface area contributed by atoms with E-state index in [-0.39, 0.29) is 17.3 Å². The van der Waals surface area contributed by atoms with Crippen LogP contribution < -0.4 is 9.62 Å². The maximum Gasteiger partial charge on any atom is 0.374 e. The number of carbonyl (C=O) groups is 1. The van der Waals surface area contributed by atoms with Crippen LogP contribution in [0.5, 0.6) is 0 Å². The largest absolute Gasteiger partial charge is 0.460 e. The summed E-state index contributed by atoms with van der Waals surface area (Å²) in [6.07, 6.45) is 7.43. The van der Waals surface area contributed by atoms with Crippen molar-refractivity contribution >= 4 is 38.5 Å². The highest BCUT2D eigenvalue weighted by atomic mass is 32.2. The fourth-order valence-electron chi connectivity index (χ4n) is 4.36. The van der Waals surface area contributed by atoms with E-state index in [1.54, 1.807) is 37.4 Å². The van der Waals surface area contributed by atoms with Crippen molar-refractivity contribution in [3.63, 3.8) is 0 Å². The molecule has 33 heavy (non-hydrogen) atoms. The van der Waals surface area contributed by atoms with Gasteiger partial charge in [-0.25, -0.2) is 18.2 Å². The molecule has 0 atom stereocenters. The summed E-state index contributed by atoms with van der Waals surface area (Å²) in [6, 6.07) is 9.86. The highest BCUT2D eigenvalue weighted by Crippen LogP contribution is 2.32. The van der Waals surface area contributed by atoms with Gasteiger partial charge in [0.1, 0.15) is 5.58 Å². The molecule has 2 aromatic heterocycles. The average molecular weight is 472 g/mol. The quantitative estimate of drug-likeness (QED) is 0.463. The van der Waals surface area contributed by atoms with Gasteiger partial charge in [-0.15, -0.1) is 0 Å². The zero-order valence-corrected chi connectivity index (χ0v) is 19.7. The Morgan fingerprint density at radius 1 is 1.18 bits per heavy atom. The van der Waals surface area contributed by atoms with Gasteiger partial charge in [-0.3, -0.25) is 4.72 Å². The lowest BCUT2D eigenvalue weighted by Crippen LogP contribution is -2.37. The second-order valence-corrected chi connectivity index (χ2v) is 9.77. The molecule has 0 radical (unpaired) electrons. The first-order chi connectivity index (χ1) is 15.9. The Labute approximate surface area is 194 Å². The van der Waals surface area contributed by atoms with E-state index in [0.29, 0.717) is 28.5 Å². The van der Waals surface area contributed by atoms with Gasteiger partial charge >= 0.3 is 5.97 Å². The number of nitrogens with one attached hydrogen (secondary N) is 1. The molecule has 0 bridgehead atoms. The third-order valence-electron chi connectivity index (χ3n) is 5.94. The molecule has 4 rings (SSSR count). The van der Waals surface area contributed by atoms with E-state index in [1.165, 1.54) is 31.4 Å². The number of aromatic nitrogens is 1. The molecule has 0 amide bonds. The summed E-state index contributed by atoms with van der Waals surface area (Å²) >= 11 is 0. The maximum atomic E-state index is 13.2. The van der Waals surface area contributed by atoms with Crippen molar-refractivity contribution in [2.24, 2.45) is 0 Å². The number of fused-ring (bicyclic) bond motifs is 1. The molecule has 0 aliphatic heterocycles. The minimum absolute atomic E-state index is 0.0370. The first-order valence-corrected chi connectivity index (χ1v) is 12.9. The number of esters is 1. The van der Waals surface area contributed by atoms with Crippen molar-refractivity contribution in [2.75, 3.05) is 22.8 Å². The third kappa shape index (κ3) is 4.98. The Bertz CT molecular complexity index is 1230. The van der Waals surface area contributed by atoms with Gasteiger partial charge in [0.05, 0.1) is 17.2 Å². The number of nitrogens with zero attached hydrogens (tertiary/aromatic N) is 2. The van der Waals surface area contributed by atoms with Crippen molar-refractivity contribution in [3.05, 3.63) is 48.4 Å². The molecule has 1 fully saturated rings. The van der Waals surface area contributed by atoms with Gasteiger partial charge in [0, 0.05) is 30.2 Å². The topological polar surface area (TPSA) is 102 Å². The van der Waals surface area contributed by atoms with E-state index in [4.69, 9.17) is 9.15 Å². The fraction of sp³-hybridized carbons (Fsp3) is 0.417. The fourth-order valence-corrected chi connectivity index (χ4v) is 5.44. The highest BCUT2D eigenvalue weighted by molar-refractivity contribution is 7.92. The van der Waals surface area contributed by atoms with Crippen molar-refractivity contribution in [1.29, 1.82) is 0 Å². The molecule has 0 spiro atoms. The smallest absolute Gasteiger partial charge is 0.374 e. The van der Waals surface area contributed by atoms with Crippen LogP contribution >= 0.6 is 0 Å². The number of hydrogen-bond acceptors (Lipinski definition) is 7. The van der Waals surface area contributed by atoms with E-state index < -0.39 is 16.0 Å². The summed E-state index contributed by atoms with van der Waals surface area (Å²) < 4.78 is 39.7. The van der Waals surface area contributed by atoms with Gasteiger partial charge < -0.3 is 14.1 Å². The number of carbonyl (C=O) groups excluding carboxylic acids is 1. The van der Waals surface area contributed by atoms with Crippen LogP contribution in [0, 0.1) is 0 Å². The number of benzene rings is 1. The molecule has 0 saturated heterocycles. The monoisotopic (exact) mass is 471 g/mol. The number of furan rings is 1. The van der Waals surface area contributed by atoms with Crippen molar-refractivity contribution in [2.45, 2.75) is 56.9 Å². The molecule has 1 saturated carbocycles. The number of pyridine rings is 1. The number of anilines is 2. The number of sulfonamides is 1. The summed E-state index contributed by atoms with van der Waals surface area (Å²) in [7, 11) is -3.91. The highest BCUT2D eigenvalue weighted by Gasteiger charge is 2.25. The van der Waals surface area contributed by atoms with Gasteiger partial charge in [0.25, 0.3) is 10.0 Å². The Morgan fingerprint density at radius 3 is 2.70 bits per heavy atom. The van der Waals surface area contributed by atoms with Gasteiger partial charge in [-0.05, 0) is 57.0 Å².